The van der Waals surface area contributed by atoms with Crippen LogP contribution < -0.4 is 5.32 Å². The van der Waals surface area contributed by atoms with Gasteiger partial charge in [0, 0.05) is 25.6 Å². The molecule has 0 saturated carbocycles. The molecule has 0 unspecified atom stereocenters. The quantitative estimate of drug-likeness (QED) is 0.649. The van der Waals surface area contributed by atoms with E-state index in [2.05, 4.69) is 28.4 Å². The van der Waals surface area contributed by atoms with Gasteiger partial charge in [0.15, 0.2) is 0 Å². The summed E-state index contributed by atoms with van der Waals surface area (Å²) in [5.41, 5.74) is 1.06. The standard InChI is InChI=1S/C23H28N4O2S/c28-23(24-15-19(20-9-6-14-29-20)26-11-3-4-12-26)27-13-5-7-17(16-27)22-25-18-8-1-2-10-21(18)30-22/h1-2,6,8-10,14,17,19H,3-5,7,11-13,15-16H2,(H,24,28)/t17-,19-/m1/s1. The van der Waals surface area contributed by atoms with Crippen LogP contribution in [0.4, 0.5) is 4.79 Å². The molecule has 2 amide bonds. The van der Waals surface area contributed by atoms with Crippen LogP contribution in [-0.4, -0.2) is 53.5 Å². The molecule has 30 heavy (non-hydrogen) atoms. The minimum Gasteiger partial charge on any atom is -0.468 e. The number of amides is 2. The molecule has 3 aromatic rings. The number of piperidine rings is 1. The van der Waals surface area contributed by atoms with Gasteiger partial charge in [0.2, 0.25) is 0 Å². The second-order valence-electron chi connectivity index (χ2n) is 8.27. The minimum atomic E-state index is 0.0246. The number of nitrogens with zero attached hydrogens (tertiary/aromatic N) is 3. The summed E-state index contributed by atoms with van der Waals surface area (Å²) >= 11 is 1.76. The lowest BCUT2D eigenvalue weighted by Gasteiger charge is -2.33. The van der Waals surface area contributed by atoms with Crippen LogP contribution in [0.5, 0.6) is 0 Å². The fraction of sp³-hybridized carbons (Fsp3) is 0.478. The van der Waals surface area contributed by atoms with Crippen LogP contribution in [-0.2, 0) is 0 Å². The van der Waals surface area contributed by atoms with E-state index in [9.17, 15) is 4.79 Å². The zero-order valence-electron chi connectivity index (χ0n) is 17.1. The monoisotopic (exact) mass is 424 g/mol. The maximum Gasteiger partial charge on any atom is 0.317 e. The van der Waals surface area contributed by atoms with E-state index < -0.39 is 0 Å². The van der Waals surface area contributed by atoms with Gasteiger partial charge in [0.05, 0.1) is 27.5 Å². The Morgan fingerprint density at radius 2 is 2.03 bits per heavy atom. The van der Waals surface area contributed by atoms with Gasteiger partial charge in [0.25, 0.3) is 0 Å². The zero-order chi connectivity index (χ0) is 20.3. The molecule has 5 rings (SSSR count). The Labute approximate surface area is 180 Å². The topological polar surface area (TPSA) is 61.6 Å². The van der Waals surface area contributed by atoms with Crippen LogP contribution in [0.3, 0.4) is 0 Å². The molecule has 2 aliphatic rings. The first-order chi connectivity index (χ1) is 14.8. The number of fused-ring (bicyclic) bond motifs is 1. The molecule has 6 nitrogen and oxygen atoms in total. The number of carbonyl (C=O) groups excluding carboxylic acids is 1. The van der Waals surface area contributed by atoms with E-state index in [-0.39, 0.29) is 12.1 Å². The van der Waals surface area contributed by atoms with Gasteiger partial charge in [-0.3, -0.25) is 4.90 Å². The van der Waals surface area contributed by atoms with E-state index in [1.807, 2.05) is 23.1 Å². The highest BCUT2D eigenvalue weighted by Gasteiger charge is 2.29. The van der Waals surface area contributed by atoms with Crippen molar-refractivity contribution < 1.29 is 9.21 Å². The van der Waals surface area contributed by atoms with Gasteiger partial charge in [-0.05, 0) is 63.0 Å². The van der Waals surface area contributed by atoms with Crippen LogP contribution in [0.1, 0.15) is 48.4 Å². The van der Waals surface area contributed by atoms with Crippen molar-refractivity contribution >= 4 is 27.6 Å². The van der Waals surface area contributed by atoms with Gasteiger partial charge < -0.3 is 14.6 Å². The number of rotatable bonds is 5. The summed E-state index contributed by atoms with van der Waals surface area (Å²) in [5.74, 6) is 1.25. The van der Waals surface area contributed by atoms with E-state index in [4.69, 9.17) is 9.40 Å². The first kappa shape index (κ1) is 19.6. The van der Waals surface area contributed by atoms with E-state index in [1.54, 1.807) is 17.6 Å². The molecule has 7 heteroatoms. The van der Waals surface area contributed by atoms with Crippen molar-refractivity contribution in [3.05, 3.63) is 53.4 Å². The van der Waals surface area contributed by atoms with E-state index in [0.29, 0.717) is 12.5 Å². The SMILES string of the molecule is O=C(NC[C@H](c1ccco1)N1CCCC1)N1CCC[C@@H](c2nc3ccccc3s2)C1. The number of aromatic nitrogens is 1. The number of hydrogen-bond acceptors (Lipinski definition) is 5. The van der Waals surface area contributed by atoms with Crippen LogP contribution in [0.25, 0.3) is 10.2 Å². The van der Waals surface area contributed by atoms with Crippen LogP contribution in [0.2, 0.25) is 0 Å². The van der Waals surface area contributed by atoms with Crippen LogP contribution in [0.15, 0.2) is 47.1 Å². The third kappa shape index (κ3) is 4.09. The van der Waals surface area contributed by atoms with Gasteiger partial charge >= 0.3 is 6.03 Å². The maximum atomic E-state index is 13.0. The summed E-state index contributed by atoms with van der Waals surface area (Å²) in [6.45, 7) is 4.24. The number of carbonyl (C=O) groups is 1. The first-order valence-corrected chi connectivity index (χ1v) is 11.8. The van der Waals surface area contributed by atoms with Crippen molar-refractivity contribution in [2.75, 3.05) is 32.7 Å². The van der Waals surface area contributed by atoms with Gasteiger partial charge in [-0.15, -0.1) is 11.3 Å². The Hall–Kier alpha value is -2.38. The summed E-state index contributed by atoms with van der Waals surface area (Å²) < 4.78 is 6.90. The molecule has 0 radical (unpaired) electrons. The van der Waals surface area contributed by atoms with Crippen molar-refractivity contribution in [1.29, 1.82) is 0 Å². The lowest BCUT2D eigenvalue weighted by molar-refractivity contribution is 0.168. The molecule has 1 aromatic carbocycles. The predicted octanol–water partition coefficient (Wildman–Crippen LogP) is 4.62. The zero-order valence-corrected chi connectivity index (χ0v) is 17.9. The minimum absolute atomic E-state index is 0.0246. The van der Waals surface area contributed by atoms with Crippen molar-refractivity contribution in [2.45, 2.75) is 37.6 Å². The fourth-order valence-corrected chi connectivity index (χ4v) is 5.76. The molecule has 0 bridgehead atoms. The second kappa shape index (κ2) is 8.78. The predicted molar refractivity (Wildman–Crippen MR) is 119 cm³/mol. The van der Waals surface area contributed by atoms with Crippen LogP contribution in [0, 0.1) is 0 Å². The molecular weight excluding hydrogens is 396 g/mol. The number of urea groups is 1. The molecule has 2 saturated heterocycles. The Morgan fingerprint density at radius 3 is 2.83 bits per heavy atom. The Bertz CT molecular complexity index is 947. The second-order valence-corrected chi connectivity index (χ2v) is 9.33. The van der Waals surface area contributed by atoms with E-state index in [0.717, 1.165) is 55.3 Å². The van der Waals surface area contributed by atoms with Crippen molar-refractivity contribution in [1.82, 2.24) is 20.1 Å². The maximum absolute atomic E-state index is 13.0. The molecule has 0 aliphatic carbocycles. The number of benzene rings is 1. The van der Waals surface area contributed by atoms with Crippen molar-refractivity contribution in [3.8, 4) is 0 Å². The number of furan rings is 1. The summed E-state index contributed by atoms with van der Waals surface area (Å²) in [6.07, 6.45) is 6.24. The average molecular weight is 425 g/mol. The van der Waals surface area contributed by atoms with Crippen molar-refractivity contribution in [2.24, 2.45) is 0 Å². The number of likely N-dealkylation sites (tertiary alicyclic amines) is 2. The van der Waals surface area contributed by atoms with Gasteiger partial charge in [-0.2, -0.15) is 0 Å². The molecule has 158 valence electrons. The Balaban J connectivity index is 1.23. The largest absolute Gasteiger partial charge is 0.468 e. The first-order valence-electron chi connectivity index (χ1n) is 10.9. The fourth-order valence-electron chi connectivity index (χ4n) is 4.67. The molecular formula is C23H28N4O2S. The van der Waals surface area contributed by atoms with Gasteiger partial charge in [-0.1, -0.05) is 12.1 Å². The highest BCUT2D eigenvalue weighted by molar-refractivity contribution is 7.18. The average Bonchev–Trinajstić information content (AvgIpc) is 3.55. The Morgan fingerprint density at radius 1 is 1.17 bits per heavy atom. The number of para-hydroxylation sites is 1. The van der Waals surface area contributed by atoms with E-state index in [1.165, 1.54) is 17.5 Å². The molecule has 2 atom stereocenters. The normalized spacial score (nSPS) is 21.2. The third-order valence-electron chi connectivity index (χ3n) is 6.27. The molecule has 0 spiro atoms. The summed E-state index contributed by atoms with van der Waals surface area (Å²) in [5, 5.41) is 4.34. The third-order valence-corrected chi connectivity index (χ3v) is 7.47. The van der Waals surface area contributed by atoms with Gasteiger partial charge in [0.1, 0.15) is 5.76 Å². The van der Waals surface area contributed by atoms with Gasteiger partial charge in [-0.25, -0.2) is 9.78 Å². The number of nitrogens with one attached hydrogen (secondary N) is 1. The van der Waals surface area contributed by atoms with Crippen LogP contribution >= 0.6 is 11.3 Å². The summed E-state index contributed by atoms with van der Waals surface area (Å²) in [6, 6.07) is 12.3. The lowest BCUT2D eigenvalue weighted by atomic mass is 9.99. The number of thiazole rings is 1. The van der Waals surface area contributed by atoms with Crippen molar-refractivity contribution in [3.63, 3.8) is 0 Å². The lowest BCUT2D eigenvalue weighted by Crippen LogP contribution is -2.47. The molecule has 2 aliphatic heterocycles. The summed E-state index contributed by atoms with van der Waals surface area (Å²) in [7, 11) is 0. The number of hydrogen-bond donors (Lipinski definition) is 1. The van der Waals surface area contributed by atoms with E-state index >= 15 is 0 Å². The molecule has 2 fully saturated rings. The summed E-state index contributed by atoms with van der Waals surface area (Å²) in [4.78, 5) is 22.2. The Kier molecular flexibility index (Phi) is 5.73. The molecule has 4 heterocycles. The molecule has 1 N–H and O–H groups in total. The highest BCUT2D eigenvalue weighted by atomic mass is 32.1. The highest BCUT2D eigenvalue weighted by Crippen LogP contribution is 2.33. The molecule has 2 aromatic heterocycles. The smallest absolute Gasteiger partial charge is 0.317 e.